The molecule has 0 saturated carbocycles. The van der Waals surface area contributed by atoms with Crippen molar-refractivity contribution >= 4 is 11.7 Å². The summed E-state index contributed by atoms with van der Waals surface area (Å²) in [5, 5.41) is 20.5. The number of rotatable bonds is 4. The van der Waals surface area contributed by atoms with Crippen molar-refractivity contribution in [2.24, 2.45) is 5.92 Å². The Morgan fingerprint density at radius 1 is 1.58 bits per heavy atom. The quantitative estimate of drug-likeness (QED) is 0.839. The zero-order chi connectivity index (χ0) is 13.8. The molecule has 6 heteroatoms. The number of nitrogens with one attached hydrogen (secondary N) is 1. The van der Waals surface area contributed by atoms with Crippen molar-refractivity contribution in [3.63, 3.8) is 0 Å². The van der Waals surface area contributed by atoms with Gasteiger partial charge in [-0.1, -0.05) is 0 Å². The molecule has 1 aromatic heterocycles. The molecule has 19 heavy (non-hydrogen) atoms. The van der Waals surface area contributed by atoms with Gasteiger partial charge in [-0.05, 0) is 32.4 Å². The molecule has 0 radical (unpaired) electrons. The Kier molecular flexibility index (Phi) is 4.31. The number of likely N-dealkylation sites (tertiary alicyclic amines) is 1. The van der Waals surface area contributed by atoms with Gasteiger partial charge in [0.05, 0.1) is 6.10 Å². The number of hydrogen-bond acceptors (Lipinski definition) is 5. The molecule has 1 amide bonds. The lowest BCUT2D eigenvalue weighted by molar-refractivity contribution is 0.0755. The first kappa shape index (κ1) is 13.7. The molecule has 1 aromatic rings. The third-order valence-electron chi connectivity index (χ3n) is 3.44. The molecule has 2 rings (SSSR count). The maximum absolute atomic E-state index is 12.2. The molecule has 104 valence electrons. The van der Waals surface area contributed by atoms with Crippen LogP contribution in [0.2, 0.25) is 0 Å². The van der Waals surface area contributed by atoms with Crippen LogP contribution in [0, 0.1) is 5.92 Å². The summed E-state index contributed by atoms with van der Waals surface area (Å²) in [5.41, 5.74) is 0.355. The summed E-state index contributed by atoms with van der Waals surface area (Å²) in [7, 11) is 0. The summed E-state index contributed by atoms with van der Waals surface area (Å²) >= 11 is 0. The third-order valence-corrected chi connectivity index (χ3v) is 3.44. The molecule has 1 aliphatic heterocycles. The van der Waals surface area contributed by atoms with Crippen LogP contribution >= 0.6 is 0 Å². The Bertz CT molecular complexity index is 433. The van der Waals surface area contributed by atoms with Gasteiger partial charge in [-0.15, -0.1) is 10.2 Å². The summed E-state index contributed by atoms with van der Waals surface area (Å²) in [6.45, 7) is 5.77. The van der Waals surface area contributed by atoms with E-state index in [0.29, 0.717) is 24.6 Å². The summed E-state index contributed by atoms with van der Waals surface area (Å²) in [5.74, 6) is 0.721. The van der Waals surface area contributed by atoms with Gasteiger partial charge >= 0.3 is 0 Å². The maximum Gasteiger partial charge on any atom is 0.274 e. The van der Waals surface area contributed by atoms with Crippen molar-refractivity contribution in [2.75, 3.05) is 25.0 Å². The molecule has 1 fully saturated rings. The van der Waals surface area contributed by atoms with E-state index >= 15 is 0 Å². The van der Waals surface area contributed by atoms with E-state index in [-0.39, 0.29) is 17.9 Å². The Balaban J connectivity index is 2.00. The van der Waals surface area contributed by atoms with E-state index in [0.717, 1.165) is 13.0 Å². The van der Waals surface area contributed by atoms with E-state index in [4.69, 9.17) is 0 Å². The Labute approximate surface area is 112 Å². The second-order valence-corrected chi connectivity index (χ2v) is 4.87. The summed E-state index contributed by atoms with van der Waals surface area (Å²) in [6, 6.07) is 3.44. The van der Waals surface area contributed by atoms with Crippen molar-refractivity contribution in [1.82, 2.24) is 15.1 Å². The molecule has 2 unspecified atom stereocenters. The third kappa shape index (κ3) is 3.20. The summed E-state index contributed by atoms with van der Waals surface area (Å²) < 4.78 is 0. The second kappa shape index (κ2) is 5.97. The van der Waals surface area contributed by atoms with Crippen LogP contribution < -0.4 is 5.32 Å². The van der Waals surface area contributed by atoms with Gasteiger partial charge in [0.1, 0.15) is 5.82 Å². The van der Waals surface area contributed by atoms with Gasteiger partial charge in [0.15, 0.2) is 5.69 Å². The lowest BCUT2D eigenvalue weighted by Gasteiger charge is -2.17. The van der Waals surface area contributed by atoms with E-state index in [1.54, 1.807) is 24.0 Å². The molecular formula is C13H20N4O2. The number of carbonyl (C=O) groups excluding carboxylic acids is 1. The lowest BCUT2D eigenvalue weighted by atomic mass is 10.0. The molecular weight excluding hydrogens is 244 g/mol. The number of anilines is 1. The van der Waals surface area contributed by atoms with Gasteiger partial charge in [0, 0.05) is 25.6 Å². The summed E-state index contributed by atoms with van der Waals surface area (Å²) in [4.78, 5) is 13.9. The van der Waals surface area contributed by atoms with Gasteiger partial charge < -0.3 is 15.3 Å². The normalized spacial score (nSPS) is 20.4. The van der Waals surface area contributed by atoms with Crippen molar-refractivity contribution in [3.05, 3.63) is 17.8 Å². The molecule has 1 aliphatic rings. The van der Waals surface area contributed by atoms with E-state index < -0.39 is 0 Å². The Hall–Kier alpha value is -1.69. The molecule has 0 bridgehead atoms. The van der Waals surface area contributed by atoms with E-state index in [1.807, 2.05) is 6.92 Å². The fourth-order valence-electron chi connectivity index (χ4n) is 2.25. The number of hydrogen-bond donors (Lipinski definition) is 2. The zero-order valence-electron chi connectivity index (χ0n) is 11.3. The largest absolute Gasteiger partial charge is 0.393 e. The highest BCUT2D eigenvalue weighted by atomic mass is 16.3. The number of carbonyl (C=O) groups is 1. The molecule has 6 nitrogen and oxygen atoms in total. The minimum Gasteiger partial charge on any atom is -0.393 e. The maximum atomic E-state index is 12.2. The summed E-state index contributed by atoms with van der Waals surface area (Å²) in [6.07, 6.45) is 0.465. The van der Waals surface area contributed by atoms with Crippen LogP contribution in [-0.2, 0) is 0 Å². The first-order valence-electron chi connectivity index (χ1n) is 6.66. The van der Waals surface area contributed by atoms with Crippen LogP contribution in [0.1, 0.15) is 30.8 Å². The number of aliphatic hydroxyl groups is 1. The molecule has 0 aromatic carbocycles. The van der Waals surface area contributed by atoms with E-state index in [1.165, 1.54) is 0 Å². The van der Waals surface area contributed by atoms with Crippen LogP contribution in [0.5, 0.6) is 0 Å². The number of nitrogens with zero attached hydrogens (tertiary/aromatic N) is 3. The second-order valence-electron chi connectivity index (χ2n) is 4.87. The Morgan fingerprint density at radius 3 is 2.89 bits per heavy atom. The van der Waals surface area contributed by atoms with Gasteiger partial charge in [-0.2, -0.15) is 0 Å². The fourth-order valence-corrected chi connectivity index (χ4v) is 2.25. The molecule has 2 heterocycles. The number of amides is 1. The van der Waals surface area contributed by atoms with E-state index in [2.05, 4.69) is 15.5 Å². The predicted octanol–water partition coefficient (Wildman–Crippen LogP) is 0.751. The first-order valence-corrected chi connectivity index (χ1v) is 6.66. The highest BCUT2D eigenvalue weighted by Crippen LogP contribution is 2.21. The highest BCUT2D eigenvalue weighted by Gasteiger charge is 2.30. The molecule has 0 aliphatic carbocycles. The average Bonchev–Trinajstić information content (AvgIpc) is 2.89. The molecule has 0 spiro atoms. The zero-order valence-corrected chi connectivity index (χ0v) is 11.3. The van der Waals surface area contributed by atoms with Gasteiger partial charge in [0.2, 0.25) is 0 Å². The fraction of sp³-hybridized carbons (Fsp3) is 0.615. The van der Waals surface area contributed by atoms with Crippen molar-refractivity contribution in [3.8, 4) is 0 Å². The number of aromatic nitrogens is 2. The van der Waals surface area contributed by atoms with E-state index in [9.17, 15) is 9.90 Å². The smallest absolute Gasteiger partial charge is 0.274 e. The van der Waals surface area contributed by atoms with Crippen molar-refractivity contribution < 1.29 is 9.90 Å². The topological polar surface area (TPSA) is 78.4 Å². The minimum absolute atomic E-state index is 0.112. The van der Waals surface area contributed by atoms with Crippen LogP contribution in [0.4, 0.5) is 5.82 Å². The minimum atomic E-state index is -0.375. The molecule has 2 N–H and O–H groups in total. The van der Waals surface area contributed by atoms with Crippen molar-refractivity contribution in [1.29, 1.82) is 0 Å². The molecule has 2 atom stereocenters. The predicted molar refractivity (Wildman–Crippen MR) is 71.9 cm³/mol. The average molecular weight is 264 g/mol. The highest BCUT2D eigenvalue weighted by molar-refractivity contribution is 5.92. The number of aliphatic hydroxyl groups excluding tert-OH is 1. The first-order chi connectivity index (χ1) is 9.11. The van der Waals surface area contributed by atoms with Crippen LogP contribution in [0.15, 0.2) is 12.1 Å². The Morgan fingerprint density at radius 2 is 2.37 bits per heavy atom. The van der Waals surface area contributed by atoms with Gasteiger partial charge in [-0.25, -0.2) is 0 Å². The van der Waals surface area contributed by atoms with Crippen LogP contribution in [0.3, 0.4) is 0 Å². The standard InChI is InChI=1S/C13H20N4O2/c1-3-14-12-5-4-11(15-16-12)13(19)17-7-6-10(8-17)9(2)18/h4-5,9-10,18H,3,6-8H2,1-2H3,(H,14,16). The van der Waals surface area contributed by atoms with Crippen LogP contribution in [-0.4, -0.2) is 51.8 Å². The monoisotopic (exact) mass is 264 g/mol. The van der Waals surface area contributed by atoms with Crippen molar-refractivity contribution in [2.45, 2.75) is 26.4 Å². The SMILES string of the molecule is CCNc1ccc(C(=O)N2CCC(C(C)O)C2)nn1. The van der Waals surface area contributed by atoms with Gasteiger partial charge in [0.25, 0.3) is 5.91 Å². The van der Waals surface area contributed by atoms with Gasteiger partial charge in [-0.3, -0.25) is 4.79 Å². The molecule has 1 saturated heterocycles. The lowest BCUT2D eigenvalue weighted by Crippen LogP contribution is -2.31. The van der Waals surface area contributed by atoms with Crippen LogP contribution in [0.25, 0.3) is 0 Å².